The van der Waals surface area contributed by atoms with Crippen LogP contribution < -0.4 is 0 Å². The number of aliphatic imine (C=N–C) groups is 1. The molecule has 5 heteroatoms. The van der Waals surface area contributed by atoms with Crippen molar-refractivity contribution in [1.29, 1.82) is 0 Å². The Balaban J connectivity index is 1.65. The monoisotopic (exact) mass is 336 g/mol. The summed E-state index contributed by atoms with van der Waals surface area (Å²) in [6.45, 7) is 2.36. The lowest BCUT2D eigenvalue weighted by atomic mass is 10.0. The summed E-state index contributed by atoms with van der Waals surface area (Å²) in [5.74, 6) is 0.532. The Morgan fingerprint density at radius 2 is 1.60 bits per heavy atom. The first-order valence-corrected chi connectivity index (χ1v) is 8.54. The van der Waals surface area contributed by atoms with E-state index in [4.69, 9.17) is 9.47 Å². The minimum Gasteiger partial charge on any atom is -0.466 e. The van der Waals surface area contributed by atoms with Gasteiger partial charge in [-0.2, -0.15) is 0 Å². The molecule has 5 nitrogen and oxygen atoms in total. The maximum Gasteiger partial charge on any atom is 0.251 e. The second kappa shape index (κ2) is 7.07. The molecule has 0 aliphatic carbocycles. The topological polar surface area (TPSA) is 51.1 Å². The van der Waals surface area contributed by atoms with Gasteiger partial charge in [-0.1, -0.05) is 48.5 Å². The normalized spacial score (nSPS) is 23.0. The molecule has 0 spiro atoms. The highest BCUT2D eigenvalue weighted by molar-refractivity contribution is 5.99. The van der Waals surface area contributed by atoms with Gasteiger partial charge in [-0.3, -0.25) is 4.79 Å². The van der Waals surface area contributed by atoms with Crippen LogP contribution in [0.3, 0.4) is 0 Å². The molecule has 0 radical (unpaired) electrons. The summed E-state index contributed by atoms with van der Waals surface area (Å²) in [5.41, 5.74) is 1.85. The van der Waals surface area contributed by atoms with E-state index in [0.717, 1.165) is 11.1 Å². The lowest BCUT2D eigenvalue weighted by Crippen LogP contribution is -2.46. The van der Waals surface area contributed by atoms with Gasteiger partial charge in [0, 0.05) is 18.7 Å². The Kier molecular flexibility index (Phi) is 4.48. The number of nitrogens with zero attached hydrogens (tertiary/aromatic N) is 2. The molecular weight excluding hydrogens is 316 g/mol. The Hall–Kier alpha value is -2.66. The molecule has 0 N–H and O–H groups in total. The van der Waals surface area contributed by atoms with E-state index in [1.165, 1.54) is 0 Å². The van der Waals surface area contributed by atoms with Crippen LogP contribution in [0.2, 0.25) is 0 Å². The van der Waals surface area contributed by atoms with E-state index >= 15 is 0 Å². The molecule has 0 bridgehead atoms. The molecule has 0 saturated carbocycles. The third kappa shape index (κ3) is 3.28. The minimum absolute atomic E-state index is 0.00286. The average molecular weight is 336 g/mol. The van der Waals surface area contributed by atoms with Gasteiger partial charge in [-0.05, 0) is 17.7 Å². The van der Waals surface area contributed by atoms with E-state index < -0.39 is 12.1 Å². The number of carbonyl (C=O) groups is 1. The highest BCUT2D eigenvalue weighted by Gasteiger charge is 2.40. The fraction of sp³-hybridized carbons (Fsp3) is 0.300. The van der Waals surface area contributed by atoms with E-state index in [9.17, 15) is 4.79 Å². The van der Waals surface area contributed by atoms with E-state index in [-0.39, 0.29) is 5.91 Å². The Labute approximate surface area is 146 Å². The molecule has 2 aliphatic heterocycles. The molecule has 2 aromatic rings. The number of benzene rings is 2. The SMILES string of the molecule is O=C(C1N=C(c2ccccc2)OC1c1ccccc1)N1CCOCC1. The largest absolute Gasteiger partial charge is 0.466 e. The smallest absolute Gasteiger partial charge is 0.251 e. The lowest BCUT2D eigenvalue weighted by Gasteiger charge is -2.29. The van der Waals surface area contributed by atoms with Crippen molar-refractivity contribution < 1.29 is 14.3 Å². The summed E-state index contributed by atoms with van der Waals surface area (Å²) < 4.78 is 11.5. The van der Waals surface area contributed by atoms with Gasteiger partial charge < -0.3 is 14.4 Å². The van der Waals surface area contributed by atoms with E-state index in [1.54, 1.807) is 0 Å². The minimum atomic E-state index is -0.560. The van der Waals surface area contributed by atoms with Crippen molar-refractivity contribution in [2.75, 3.05) is 26.3 Å². The zero-order chi connectivity index (χ0) is 17.1. The van der Waals surface area contributed by atoms with E-state index in [2.05, 4.69) is 4.99 Å². The van der Waals surface area contributed by atoms with Gasteiger partial charge in [0.15, 0.2) is 12.1 Å². The summed E-state index contributed by atoms with van der Waals surface area (Å²) in [6.07, 6.45) is -0.397. The molecule has 2 heterocycles. The zero-order valence-corrected chi connectivity index (χ0v) is 13.9. The summed E-state index contributed by atoms with van der Waals surface area (Å²) in [5, 5.41) is 0. The van der Waals surface area contributed by atoms with Crippen LogP contribution in [0.4, 0.5) is 0 Å². The van der Waals surface area contributed by atoms with Crippen LogP contribution in [0.5, 0.6) is 0 Å². The maximum absolute atomic E-state index is 13.0. The highest BCUT2D eigenvalue weighted by Crippen LogP contribution is 2.32. The van der Waals surface area contributed by atoms with Crippen molar-refractivity contribution in [3.05, 3.63) is 71.8 Å². The molecular formula is C20H20N2O3. The molecule has 2 aliphatic rings. The number of ether oxygens (including phenoxy) is 2. The Morgan fingerprint density at radius 1 is 0.960 bits per heavy atom. The number of hydrogen-bond acceptors (Lipinski definition) is 4. The van der Waals surface area contributed by atoms with Gasteiger partial charge in [0.05, 0.1) is 13.2 Å². The number of rotatable bonds is 3. The molecule has 0 aromatic heterocycles. The van der Waals surface area contributed by atoms with Gasteiger partial charge in [0.25, 0.3) is 5.91 Å². The Morgan fingerprint density at radius 3 is 2.28 bits per heavy atom. The fourth-order valence-corrected chi connectivity index (χ4v) is 3.18. The molecule has 2 atom stereocenters. The number of amides is 1. The first-order valence-electron chi connectivity index (χ1n) is 8.54. The standard InChI is InChI=1S/C20H20N2O3/c23-20(22-11-13-24-14-12-22)17-18(15-7-3-1-4-8-15)25-19(21-17)16-9-5-2-6-10-16/h1-10,17-18H,11-14H2. The predicted octanol–water partition coefficient (Wildman–Crippen LogP) is 2.43. The van der Waals surface area contributed by atoms with Crippen molar-refractivity contribution in [1.82, 2.24) is 4.90 Å². The van der Waals surface area contributed by atoms with Crippen molar-refractivity contribution >= 4 is 11.8 Å². The molecule has 128 valence electrons. The van der Waals surface area contributed by atoms with Crippen LogP contribution in [-0.2, 0) is 14.3 Å². The van der Waals surface area contributed by atoms with Gasteiger partial charge in [-0.25, -0.2) is 4.99 Å². The molecule has 1 saturated heterocycles. The summed E-state index contributed by atoms with van der Waals surface area (Å²) in [4.78, 5) is 19.5. The number of hydrogen-bond donors (Lipinski definition) is 0. The van der Waals surface area contributed by atoms with Gasteiger partial charge in [0.2, 0.25) is 5.90 Å². The third-order valence-electron chi connectivity index (χ3n) is 4.51. The maximum atomic E-state index is 13.0. The van der Waals surface area contributed by atoms with Crippen LogP contribution in [-0.4, -0.2) is 49.0 Å². The van der Waals surface area contributed by atoms with Crippen molar-refractivity contribution in [3.63, 3.8) is 0 Å². The summed E-state index contributed by atoms with van der Waals surface area (Å²) in [7, 11) is 0. The lowest BCUT2D eigenvalue weighted by molar-refractivity contribution is -0.138. The van der Waals surface area contributed by atoms with Gasteiger partial charge in [-0.15, -0.1) is 0 Å². The molecule has 4 rings (SSSR count). The second-order valence-corrected chi connectivity index (χ2v) is 6.13. The van der Waals surface area contributed by atoms with Crippen LogP contribution in [0.15, 0.2) is 65.7 Å². The molecule has 1 fully saturated rings. The fourth-order valence-electron chi connectivity index (χ4n) is 3.18. The summed E-state index contributed by atoms with van der Waals surface area (Å²) >= 11 is 0. The third-order valence-corrected chi connectivity index (χ3v) is 4.51. The van der Waals surface area contributed by atoms with Crippen LogP contribution >= 0.6 is 0 Å². The Bertz CT molecular complexity index is 755. The van der Waals surface area contributed by atoms with Crippen molar-refractivity contribution in [3.8, 4) is 0 Å². The van der Waals surface area contributed by atoms with Crippen molar-refractivity contribution in [2.45, 2.75) is 12.1 Å². The van der Waals surface area contributed by atoms with Crippen molar-refractivity contribution in [2.24, 2.45) is 4.99 Å². The van der Waals surface area contributed by atoms with Crippen LogP contribution in [0.25, 0.3) is 0 Å². The van der Waals surface area contributed by atoms with Crippen LogP contribution in [0, 0.1) is 0 Å². The highest BCUT2D eigenvalue weighted by atomic mass is 16.5. The first-order chi connectivity index (χ1) is 12.3. The second-order valence-electron chi connectivity index (χ2n) is 6.13. The number of morpholine rings is 1. The predicted molar refractivity (Wildman–Crippen MR) is 94.4 cm³/mol. The van der Waals surface area contributed by atoms with Gasteiger partial charge in [0.1, 0.15) is 0 Å². The first kappa shape index (κ1) is 15.8. The molecule has 25 heavy (non-hydrogen) atoms. The molecule has 2 aromatic carbocycles. The molecule has 1 amide bonds. The van der Waals surface area contributed by atoms with E-state index in [1.807, 2.05) is 65.6 Å². The zero-order valence-electron chi connectivity index (χ0n) is 13.9. The molecule has 2 unspecified atom stereocenters. The summed E-state index contributed by atoms with van der Waals surface area (Å²) in [6, 6.07) is 19.0. The number of carbonyl (C=O) groups excluding carboxylic acids is 1. The average Bonchev–Trinajstić information content (AvgIpc) is 3.15. The van der Waals surface area contributed by atoms with Gasteiger partial charge >= 0.3 is 0 Å². The van der Waals surface area contributed by atoms with Crippen LogP contribution in [0.1, 0.15) is 17.2 Å². The van der Waals surface area contributed by atoms with E-state index in [0.29, 0.717) is 32.2 Å². The quantitative estimate of drug-likeness (QED) is 0.865.